The number of rotatable bonds is 6. The zero-order chi connectivity index (χ0) is 17.6. The summed E-state index contributed by atoms with van der Waals surface area (Å²) in [6.45, 7) is 0.612. The van der Waals surface area contributed by atoms with E-state index >= 15 is 0 Å². The SMILES string of the molecule is O=C(Nc1cc(Cl)cc(Cl)c1)[C@@H](NCc1cccs1)c1ccccc1. The Morgan fingerprint density at radius 1 is 1.00 bits per heavy atom. The monoisotopic (exact) mass is 390 g/mol. The molecule has 3 aromatic rings. The molecule has 0 radical (unpaired) electrons. The molecule has 0 unspecified atom stereocenters. The van der Waals surface area contributed by atoms with Crippen molar-refractivity contribution in [3.8, 4) is 0 Å². The number of carbonyl (C=O) groups excluding carboxylic acids is 1. The maximum atomic E-state index is 12.8. The minimum absolute atomic E-state index is 0.166. The summed E-state index contributed by atoms with van der Waals surface area (Å²) in [6.07, 6.45) is 0. The van der Waals surface area contributed by atoms with E-state index in [-0.39, 0.29) is 5.91 Å². The summed E-state index contributed by atoms with van der Waals surface area (Å²) >= 11 is 13.7. The number of hydrogen-bond donors (Lipinski definition) is 2. The molecule has 0 fully saturated rings. The van der Waals surface area contributed by atoms with Gasteiger partial charge in [-0.05, 0) is 35.2 Å². The zero-order valence-electron chi connectivity index (χ0n) is 13.2. The molecule has 3 nitrogen and oxygen atoms in total. The van der Waals surface area contributed by atoms with Gasteiger partial charge in [-0.3, -0.25) is 10.1 Å². The van der Waals surface area contributed by atoms with Crippen LogP contribution in [0.15, 0.2) is 66.0 Å². The van der Waals surface area contributed by atoms with Crippen LogP contribution in [0.25, 0.3) is 0 Å². The second-order valence-electron chi connectivity index (χ2n) is 5.45. The average molecular weight is 391 g/mol. The third-order valence-corrected chi connectivity index (χ3v) is 4.90. The first-order chi connectivity index (χ1) is 12.1. The van der Waals surface area contributed by atoms with E-state index in [1.165, 1.54) is 4.88 Å². The van der Waals surface area contributed by atoms with E-state index in [4.69, 9.17) is 23.2 Å². The molecule has 3 rings (SSSR count). The van der Waals surface area contributed by atoms with Gasteiger partial charge >= 0.3 is 0 Å². The zero-order valence-corrected chi connectivity index (χ0v) is 15.5. The van der Waals surface area contributed by atoms with Crippen LogP contribution in [0.1, 0.15) is 16.5 Å². The molecule has 0 saturated carbocycles. The predicted octanol–water partition coefficient (Wildman–Crippen LogP) is 5.52. The molecule has 0 aliphatic carbocycles. The Kier molecular flexibility index (Phi) is 6.10. The molecule has 128 valence electrons. The molecular formula is C19H16Cl2N2OS. The lowest BCUT2D eigenvalue weighted by Crippen LogP contribution is -2.32. The van der Waals surface area contributed by atoms with E-state index in [9.17, 15) is 4.79 Å². The van der Waals surface area contributed by atoms with Gasteiger partial charge < -0.3 is 5.32 Å². The van der Waals surface area contributed by atoms with Crippen LogP contribution in [0.2, 0.25) is 10.0 Å². The van der Waals surface area contributed by atoms with E-state index in [0.717, 1.165) is 5.56 Å². The van der Waals surface area contributed by atoms with Crippen LogP contribution in [0.3, 0.4) is 0 Å². The summed E-state index contributed by atoms with van der Waals surface area (Å²) in [6, 6.07) is 18.1. The second kappa shape index (κ2) is 8.50. The molecule has 6 heteroatoms. The maximum Gasteiger partial charge on any atom is 0.246 e. The summed E-state index contributed by atoms with van der Waals surface area (Å²) in [5.74, 6) is -0.166. The van der Waals surface area contributed by atoms with Crippen molar-refractivity contribution in [1.29, 1.82) is 0 Å². The van der Waals surface area contributed by atoms with Gasteiger partial charge in [-0.2, -0.15) is 0 Å². The van der Waals surface area contributed by atoms with Crippen molar-refractivity contribution in [2.75, 3.05) is 5.32 Å². The summed E-state index contributed by atoms with van der Waals surface area (Å²) in [5, 5.41) is 9.18. The van der Waals surface area contributed by atoms with Gasteiger partial charge in [-0.25, -0.2) is 0 Å². The Hall–Kier alpha value is -1.85. The van der Waals surface area contributed by atoms with E-state index in [1.807, 2.05) is 47.8 Å². The number of anilines is 1. The number of benzene rings is 2. The van der Waals surface area contributed by atoms with Crippen molar-refractivity contribution in [3.63, 3.8) is 0 Å². The molecule has 2 aromatic carbocycles. The number of halogens is 2. The Morgan fingerprint density at radius 2 is 1.72 bits per heavy atom. The van der Waals surface area contributed by atoms with E-state index in [0.29, 0.717) is 22.3 Å². The Labute approximate surface area is 160 Å². The highest BCUT2D eigenvalue weighted by atomic mass is 35.5. The highest BCUT2D eigenvalue weighted by Crippen LogP contribution is 2.24. The van der Waals surface area contributed by atoms with Crippen molar-refractivity contribution < 1.29 is 4.79 Å². The molecule has 0 saturated heterocycles. The topological polar surface area (TPSA) is 41.1 Å². The minimum atomic E-state index is -0.485. The van der Waals surface area contributed by atoms with Crippen LogP contribution in [-0.4, -0.2) is 5.91 Å². The first-order valence-electron chi connectivity index (χ1n) is 7.69. The molecular weight excluding hydrogens is 375 g/mol. The van der Waals surface area contributed by atoms with Gasteiger partial charge in [0.15, 0.2) is 0 Å². The quantitative estimate of drug-likeness (QED) is 0.581. The number of hydrogen-bond acceptors (Lipinski definition) is 3. The molecule has 1 aromatic heterocycles. The van der Waals surface area contributed by atoms with Crippen LogP contribution in [0.4, 0.5) is 5.69 Å². The van der Waals surface area contributed by atoms with Gasteiger partial charge in [0.2, 0.25) is 5.91 Å². The number of amides is 1. The van der Waals surface area contributed by atoms with Crippen molar-refractivity contribution >= 4 is 46.1 Å². The number of nitrogens with one attached hydrogen (secondary N) is 2. The Morgan fingerprint density at radius 3 is 2.36 bits per heavy atom. The van der Waals surface area contributed by atoms with Crippen LogP contribution in [0.5, 0.6) is 0 Å². The van der Waals surface area contributed by atoms with Crippen LogP contribution >= 0.6 is 34.5 Å². The Bertz CT molecular complexity index is 818. The van der Waals surface area contributed by atoms with Gasteiger partial charge in [-0.1, -0.05) is 59.6 Å². The molecule has 25 heavy (non-hydrogen) atoms. The van der Waals surface area contributed by atoms with Gasteiger partial charge in [0.25, 0.3) is 0 Å². The first kappa shape index (κ1) is 18.0. The maximum absolute atomic E-state index is 12.8. The van der Waals surface area contributed by atoms with Crippen molar-refractivity contribution in [2.45, 2.75) is 12.6 Å². The van der Waals surface area contributed by atoms with Crippen LogP contribution in [0, 0.1) is 0 Å². The van der Waals surface area contributed by atoms with Crippen LogP contribution in [-0.2, 0) is 11.3 Å². The lowest BCUT2D eigenvalue weighted by Gasteiger charge is -2.19. The molecule has 0 aliphatic heterocycles. The largest absolute Gasteiger partial charge is 0.324 e. The summed E-state index contributed by atoms with van der Waals surface area (Å²) in [4.78, 5) is 14.0. The lowest BCUT2D eigenvalue weighted by molar-refractivity contribution is -0.118. The summed E-state index contributed by atoms with van der Waals surface area (Å²) in [5.41, 5.74) is 1.46. The summed E-state index contributed by atoms with van der Waals surface area (Å²) in [7, 11) is 0. The first-order valence-corrected chi connectivity index (χ1v) is 9.33. The third kappa shape index (κ3) is 5.06. The highest BCUT2D eigenvalue weighted by Gasteiger charge is 2.20. The standard InChI is InChI=1S/C19H16Cl2N2OS/c20-14-9-15(21)11-16(10-14)23-19(24)18(13-5-2-1-3-6-13)22-12-17-7-4-8-25-17/h1-11,18,22H,12H2,(H,23,24)/t18-/m0/s1. The fourth-order valence-electron chi connectivity index (χ4n) is 2.46. The predicted molar refractivity (Wildman–Crippen MR) is 105 cm³/mol. The molecule has 0 spiro atoms. The number of thiophene rings is 1. The van der Waals surface area contributed by atoms with Crippen molar-refractivity contribution in [2.24, 2.45) is 0 Å². The molecule has 1 heterocycles. The van der Waals surface area contributed by atoms with Crippen LogP contribution < -0.4 is 10.6 Å². The summed E-state index contributed by atoms with van der Waals surface area (Å²) < 4.78 is 0. The lowest BCUT2D eigenvalue weighted by atomic mass is 10.1. The van der Waals surface area contributed by atoms with E-state index in [1.54, 1.807) is 29.5 Å². The molecule has 0 aliphatic rings. The fraction of sp³-hybridized carbons (Fsp3) is 0.105. The normalized spacial score (nSPS) is 11.9. The molecule has 1 atom stereocenters. The van der Waals surface area contributed by atoms with E-state index in [2.05, 4.69) is 10.6 Å². The van der Waals surface area contributed by atoms with Crippen molar-refractivity contribution in [1.82, 2.24) is 5.32 Å². The Balaban J connectivity index is 1.78. The van der Waals surface area contributed by atoms with Crippen molar-refractivity contribution in [3.05, 3.63) is 86.5 Å². The fourth-order valence-corrected chi connectivity index (χ4v) is 3.65. The third-order valence-electron chi connectivity index (χ3n) is 3.59. The minimum Gasteiger partial charge on any atom is -0.324 e. The molecule has 2 N–H and O–H groups in total. The second-order valence-corrected chi connectivity index (χ2v) is 7.36. The van der Waals surface area contributed by atoms with Gasteiger partial charge in [-0.15, -0.1) is 11.3 Å². The molecule has 0 bridgehead atoms. The molecule has 1 amide bonds. The number of carbonyl (C=O) groups is 1. The van der Waals surface area contributed by atoms with Gasteiger partial charge in [0, 0.05) is 27.2 Å². The highest BCUT2D eigenvalue weighted by molar-refractivity contribution is 7.09. The smallest absolute Gasteiger partial charge is 0.246 e. The van der Waals surface area contributed by atoms with E-state index < -0.39 is 6.04 Å². The van der Waals surface area contributed by atoms with Gasteiger partial charge in [0.05, 0.1) is 0 Å². The average Bonchev–Trinajstić information content (AvgIpc) is 3.08. The van der Waals surface area contributed by atoms with Gasteiger partial charge in [0.1, 0.15) is 6.04 Å².